The SMILES string of the molecule is C=CCO[C@@H]1C=C[C@H](OCC=C)C1. The highest BCUT2D eigenvalue weighted by atomic mass is 16.5. The van der Waals surface area contributed by atoms with Crippen LogP contribution in [0.15, 0.2) is 37.5 Å². The van der Waals surface area contributed by atoms with Gasteiger partial charge in [-0.1, -0.05) is 24.3 Å². The van der Waals surface area contributed by atoms with Crippen molar-refractivity contribution < 1.29 is 9.47 Å². The molecule has 13 heavy (non-hydrogen) atoms. The standard InChI is InChI=1S/C11H16O2/c1-3-7-12-10-5-6-11(9-10)13-8-4-2/h3-6,10-11H,1-2,7-9H2/t10-,11+. The third kappa shape index (κ3) is 3.57. The van der Waals surface area contributed by atoms with Gasteiger partial charge in [0.2, 0.25) is 0 Å². The van der Waals surface area contributed by atoms with Crippen LogP contribution >= 0.6 is 0 Å². The third-order valence-electron chi connectivity index (χ3n) is 1.86. The minimum absolute atomic E-state index is 0.188. The van der Waals surface area contributed by atoms with Gasteiger partial charge in [0.05, 0.1) is 25.4 Å². The summed E-state index contributed by atoms with van der Waals surface area (Å²) in [5.41, 5.74) is 0. The summed E-state index contributed by atoms with van der Waals surface area (Å²) in [5.74, 6) is 0. The van der Waals surface area contributed by atoms with Gasteiger partial charge in [0.1, 0.15) is 0 Å². The van der Waals surface area contributed by atoms with Crippen LogP contribution in [0.1, 0.15) is 6.42 Å². The zero-order chi connectivity index (χ0) is 9.52. The predicted molar refractivity (Wildman–Crippen MR) is 53.6 cm³/mol. The molecule has 0 unspecified atom stereocenters. The first kappa shape index (κ1) is 10.2. The zero-order valence-electron chi connectivity index (χ0n) is 7.82. The van der Waals surface area contributed by atoms with Crippen molar-refractivity contribution in [3.8, 4) is 0 Å². The molecule has 1 aliphatic carbocycles. The fraction of sp³-hybridized carbons (Fsp3) is 0.455. The summed E-state index contributed by atoms with van der Waals surface area (Å²) in [6.45, 7) is 8.39. The van der Waals surface area contributed by atoms with Gasteiger partial charge < -0.3 is 9.47 Å². The van der Waals surface area contributed by atoms with Crippen LogP contribution in [0.5, 0.6) is 0 Å². The second-order valence-electron chi connectivity index (χ2n) is 2.94. The van der Waals surface area contributed by atoms with E-state index in [1.165, 1.54) is 0 Å². The molecule has 0 saturated carbocycles. The lowest BCUT2D eigenvalue weighted by Crippen LogP contribution is -2.14. The van der Waals surface area contributed by atoms with E-state index in [0.717, 1.165) is 6.42 Å². The number of rotatable bonds is 6. The van der Waals surface area contributed by atoms with Gasteiger partial charge in [-0.2, -0.15) is 0 Å². The van der Waals surface area contributed by atoms with Crippen LogP contribution in [-0.4, -0.2) is 25.4 Å². The average molecular weight is 180 g/mol. The van der Waals surface area contributed by atoms with Gasteiger partial charge in [-0.3, -0.25) is 0 Å². The molecule has 0 aliphatic heterocycles. The Kier molecular flexibility index (Phi) is 4.50. The number of ether oxygens (including phenoxy) is 2. The lowest BCUT2D eigenvalue weighted by Gasteiger charge is -2.11. The van der Waals surface area contributed by atoms with Gasteiger partial charge in [0.25, 0.3) is 0 Å². The van der Waals surface area contributed by atoms with Gasteiger partial charge in [0, 0.05) is 6.42 Å². The molecule has 0 saturated heterocycles. The Balaban J connectivity index is 2.17. The van der Waals surface area contributed by atoms with Crippen LogP contribution in [0.4, 0.5) is 0 Å². The highest BCUT2D eigenvalue weighted by Crippen LogP contribution is 2.16. The van der Waals surface area contributed by atoms with Crippen molar-refractivity contribution in [3.05, 3.63) is 37.5 Å². The second kappa shape index (κ2) is 5.73. The summed E-state index contributed by atoms with van der Waals surface area (Å²) in [6, 6.07) is 0. The van der Waals surface area contributed by atoms with Crippen LogP contribution in [0.3, 0.4) is 0 Å². The molecule has 0 heterocycles. The summed E-state index contributed by atoms with van der Waals surface area (Å²) in [6.07, 6.45) is 8.87. The summed E-state index contributed by atoms with van der Waals surface area (Å²) < 4.78 is 10.9. The van der Waals surface area contributed by atoms with E-state index in [-0.39, 0.29) is 12.2 Å². The highest BCUT2D eigenvalue weighted by molar-refractivity contribution is 5.05. The molecule has 0 amide bonds. The Labute approximate surface area is 79.5 Å². The minimum atomic E-state index is 0.188. The van der Waals surface area contributed by atoms with Crippen molar-refractivity contribution in [1.82, 2.24) is 0 Å². The van der Waals surface area contributed by atoms with E-state index in [1.54, 1.807) is 12.2 Å². The maximum atomic E-state index is 5.45. The van der Waals surface area contributed by atoms with E-state index in [0.29, 0.717) is 13.2 Å². The number of hydrogen-bond donors (Lipinski definition) is 0. The average Bonchev–Trinajstić information content (AvgIpc) is 2.59. The first-order chi connectivity index (χ1) is 6.36. The van der Waals surface area contributed by atoms with Crippen molar-refractivity contribution in [2.75, 3.05) is 13.2 Å². The normalized spacial score (nSPS) is 26.2. The molecule has 0 aromatic heterocycles. The molecule has 2 heteroatoms. The molecule has 0 aromatic carbocycles. The monoisotopic (exact) mass is 180 g/mol. The van der Waals surface area contributed by atoms with Gasteiger partial charge in [0.15, 0.2) is 0 Å². The molecule has 0 aromatic rings. The molecule has 72 valence electrons. The Bertz CT molecular complexity index is 176. The molecular weight excluding hydrogens is 164 g/mol. The molecular formula is C11H16O2. The van der Waals surface area contributed by atoms with E-state index < -0.39 is 0 Å². The van der Waals surface area contributed by atoms with E-state index in [9.17, 15) is 0 Å². The Hall–Kier alpha value is -0.860. The molecule has 0 radical (unpaired) electrons. The third-order valence-corrected chi connectivity index (χ3v) is 1.86. The molecule has 1 rings (SSSR count). The van der Waals surface area contributed by atoms with Crippen LogP contribution < -0.4 is 0 Å². The highest BCUT2D eigenvalue weighted by Gasteiger charge is 2.18. The maximum Gasteiger partial charge on any atom is 0.0788 e. The largest absolute Gasteiger partial charge is 0.370 e. The summed E-state index contributed by atoms with van der Waals surface area (Å²) in [7, 11) is 0. The van der Waals surface area contributed by atoms with Crippen LogP contribution in [0.25, 0.3) is 0 Å². The van der Waals surface area contributed by atoms with Crippen molar-refractivity contribution >= 4 is 0 Å². The van der Waals surface area contributed by atoms with Crippen LogP contribution in [0.2, 0.25) is 0 Å². The summed E-state index contributed by atoms with van der Waals surface area (Å²) in [4.78, 5) is 0. The second-order valence-corrected chi connectivity index (χ2v) is 2.94. The minimum Gasteiger partial charge on any atom is -0.370 e. The molecule has 1 aliphatic rings. The Morgan fingerprint density at radius 1 is 1.08 bits per heavy atom. The topological polar surface area (TPSA) is 18.5 Å². The molecule has 0 bridgehead atoms. The quantitative estimate of drug-likeness (QED) is 0.583. The van der Waals surface area contributed by atoms with E-state index >= 15 is 0 Å². The fourth-order valence-electron chi connectivity index (χ4n) is 1.26. The summed E-state index contributed by atoms with van der Waals surface area (Å²) in [5, 5.41) is 0. The lowest BCUT2D eigenvalue weighted by atomic mass is 10.3. The van der Waals surface area contributed by atoms with Crippen molar-refractivity contribution in [2.24, 2.45) is 0 Å². The van der Waals surface area contributed by atoms with Crippen molar-refractivity contribution in [1.29, 1.82) is 0 Å². The molecule has 0 N–H and O–H groups in total. The Morgan fingerprint density at radius 3 is 1.92 bits per heavy atom. The summed E-state index contributed by atoms with van der Waals surface area (Å²) >= 11 is 0. The fourth-order valence-corrected chi connectivity index (χ4v) is 1.26. The Morgan fingerprint density at radius 2 is 1.54 bits per heavy atom. The molecule has 2 atom stereocenters. The first-order valence-electron chi connectivity index (χ1n) is 4.50. The van der Waals surface area contributed by atoms with Crippen molar-refractivity contribution in [2.45, 2.75) is 18.6 Å². The van der Waals surface area contributed by atoms with E-state index in [2.05, 4.69) is 13.2 Å². The molecule has 0 fully saturated rings. The van der Waals surface area contributed by atoms with Gasteiger partial charge in [-0.05, 0) is 0 Å². The first-order valence-corrected chi connectivity index (χ1v) is 4.50. The zero-order valence-corrected chi connectivity index (χ0v) is 7.82. The van der Waals surface area contributed by atoms with Gasteiger partial charge >= 0.3 is 0 Å². The predicted octanol–water partition coefficient (Wildman–Crippen LogP) is 2.09. The smallest absolute Gasteiger partial charge is 0.0788 e. The van der Waals surface area contributed by atoms with E-state index in [4.69, 9.17) is 9.47 Å². The maximum absolute atomic E-state index is 5.45. The van der Waals surface area contributed by atoms with Gasteiger partial charge in [-0.25, -0.2) is 0 Å². The number of hydrogen-bond acceptors (Lipinski definition) is 2. The van der Waals surface area contributed by atoms with Gasteiger partial charge in [-0.15, -0.1) is 13.2 Å². The van der Waals surface area contributed by atoms with Crippen LogP contribution in [0, 0.1) is 0 Å². The molecule has 2 nitrogen and oxygen atoms in total. The van der Waals surface area contributed by atoms with Crippen molar-refractivity contribution in [3.63, 3.8) is 0 Å². The van der Waals surface area contributed by atoms with Crippen LogP contribution in [-0.2, 0) is 9.47 Å². The molecule has 0 spiro atoms. The van der Waals surface area contributed by atoms with E-state index in [1.807, 2.05) is 12.2 Å². The lowest BCUT2D eigenvalue weighted by molar-refractivity contribution is 0.0531.